The first-order valence-corrected chi connectivity index (χ1v) is 4.59. The Morgan fingerprint density at radius 1 is 1.69 bits per heavy atom. The van der Waals surface area contributed by atoms with Crippen molar-refractivity contribution in [3.63, 3.8) is 0 Å². The van der Waals surface area contributed by atoms with Gasteiger partial charge in [0.2, 0.25) is 5.91 Å². The minimum atomic E-state index is -1.15. The third-order valence-electron chi connectivity index (χ3n) is 2.04. The zero-order chi connectivity index (χ0) is 9.59. The molecule has 2 aliphatic rings. The van der Waals surface area contributed by atoms with Gasteiger partial charge in [-0.1, -0.05) is 11.8 Å². The summed E-state index contributed by atoms with van der Waals surface area (Å²) in [5.41, 5.74) is -0.0475. The van der Waals surface area contributed by atoms with Gasteiger partial charge >= 0.3 is 5.97 Å². The second-order valence-electron chi connectivity index (χ2n) is 2.78. The number of carbonyl (C=O) groups is 2. The van der Waals surface area contributed by atoms with Gasteiger partial charge in [-0.25, -0.2) is 4.79 Å². The largest absolute Gasteiger partial charge is 0.477 e. The van der Waals surface area contributed by atoms with Gasteiger partial charge < -0.3 is 10.2 Å². The smallest absolute Gasteiger partial charge is 0.353 e. The van der Waals surface area contributed by atoms with E-state index < -0.39 is 5.97 Å². The van der Waals surface area contributed by atoms with Crippen molar-refractivity contribution in [1.82, 2.24) is 4.90 Å². The van der Waals surface area contributed by atoms with Gasteiger partial charge in [-0.05, 0) is 0 Å². The summed E-state index contributed by atoms with van der Waals surface area (Å²) in [6, 6.07) is 0. The van der Waals surface area contributed by atoms with Crippen LogP contribution in [0.2, 0.25) is 0 Å². The Morgan fingerprint density at radius 3 is 2.85 bits per heavy atom. The highest BCUT2D eigenvalue weighted by Gasteiger charge is 2.47. The molecule has 2 N–H and O–H groups in total. The van der Waals surface area contributed by atoms with Crippen molar-refractivity contribution < 1.29 is 19.8 Å². The molecule has 13 heavy (non-hydrogen) atoms. The van der Waals surface area contributed by atoms with E-state index in [9.17, 15) is 9.59 Å². The van der Waals surface area contributed by atoms with Crippen molar-refractivity contribution in [2.75, 3.05) is 6.61 Å². The molecule has 2 rings (SSSR count). The minimum absolute atomic E-state index is 0.0475. The van der Waals surface area contributed by atoms with E-state index in [2.05, 4.69) is 0 Å². The van der Waals surface area contributed by atoms with E-state index in [0.29, 0.717) is 11.3 Å². The molecule has 0 bridgehead atoms. The minimum Gasteiger partial charge on any atom is -0.477 e. The highest BCUT2D eigenvalue weighted by molar-refractivity contribution is 8.04. The van der Waals surface area contributed by atoms with Crippen LogP contribution in [0.3, 0.4) is 0 Å². The van der Waals surface area contributed by atoms with Gasteiger partial charge in [0, 0.05) is 4.91 Å². The van der Waals surface area contributed by atoms with Crippen molar-refractivity contribution in [1.29, 1.82) is 0 Å². The first-order valence-electron chi connectivity index (χ1n) is 3.71. The van der Waals surface area contributed by atoms with Crippen LogP contribution in [0.5, 0.6) is 0 Å². The summed E-state index contributed by atoms with van der Waals surface area (Å²) in [5, 5.41) is 17.5. The maximum Gasteiger partial charge on any atom is 0.353 e. The maximum atomic E-state index is 11.0. The van der Waals surface area contributed by atoms with Crippen molar-refractivity contribution in [3.8, 4) is 0 Å². The maximum absolute atomic E-state index is 11.0. The number of β-lactam (4-membered cyclic amide) rings is 1. The highest BCUT2D eigenvalue weighted by Crippen LogP contribution is 2.45. The number of hydrogen-bond acceptors (Lipinski definition) is 4. The monoisotopic (exact) mass is 201 g/mol. The van der Waals surface area contributed by atoms with Gasteiger partial charge in [0.1, 0.15) is 5.70 Å². The Labute approximate surface area is 78.0 Å². The molecule has 0 radical (unpaired) electrons. The Bertz CT molecular complexity index is 324. The van der Waals surface area contributed by atoms with Crippen LogP contribution >= 0.6 is 11.8 Å². The van der Waals surface area contributed by atoms with Crippen molar-refractivity contribution in [2.24, 2.45) is 0 Å². The van der Waals surface area contributed by atoms with Crippen LogP contribution in [0.4, 0.5) is 0 Å². The van der Waals surface area contributed by atoms with E-state index in [-0.39, 0.29) is 23.6 Å². The van der Waals surface area contributed by atoms with Gasteiger partial charge in [-0.2, -0.15) is 0 Å². The SMILES string of the molecule is O=C(O)C1=C(CO)S[C@H]2CC(=O)N12. The second-order valence-corrected chi connectivity index (χ2v) is 4.05. The van der Waals surface area contributed by atoms with Crippen LogP contribution in [0.15, 0.2) is 10.6 Å². The summed E-state index contributed by atoms with van der Waals surface area (Å²) in [6.07, 6.45) is 0.366. The highest BCUT2D eigenvalue weighted by atomic mass is 32.2. The number of fused-ring (bicyclic) bond motifs is 1. The summed E-state index contributed by atoms with van der Waals surface area (Å²) in [7, 11) is 0. The Balaban J connectivity index is 2.34. The third-order valence-corrected chi connectivity index (χ3v) is 3.29. The number of carbonyl (C=O) groups excluding carboxylic acids is 1. The number of thioether (sulfide) groups is 1. The summed E-state index contributed by atoms with van der Waals surface area (Å²) in [4.78, 5) is 23.4. The summed E-state index contributed by atoms with van der Waals surface area (Å²) in [5.74, 6) is -1.33. The number of aliphatic hydroxyl groups excluding tert-OH is 1. The average molecular weight is 201 g/mol. The lowest BCUT2D eigenvalue weighted by atomic mass is 10.1. The molecule has 2 aliphatic heterocycles. The van der Waals surface area contributed by atoms with Crippen molar-refractivity contribution in [3.05, 3.63) is 10.6 Å². The van der Waals surface area contributed by atoms with Crippen LogP contribution in [-0.2, 0) is 9.59 Å². The quantitative estimate of drug-likeness (QED) is 0.593. The van der Waals surface area contributed by atoms with E-state index in [1.807, 2.05) is 0 Å². The van der Waals surface area contributed by atoms with Crippen LogP contribution in [0, 0.1) is 0 Å². The number of aliphatic carboxylic acids is 1. The third kappa shape index (κ3) is 1.06. The molecule has 1 saturated heterocycles. The predicted molar refractivity (Wildman–Crippen MR) is 44.6 cm³/mol. The zero-order valence-electron chi connectivity index (χ0n) is 6.56. The number of nitrogens with zero attached hydrogens (tertiary/aromatic N) is 1. The number of hydrogen-bond donors (Lipinski definition) is 2. The van der Waals surface area contributed by atoms with E-state index in [4.69, 9.17) is 10.2 Å². The average Bonchev–Trinajstić information content (AvgIpc) is 2.37. The second kappa shape index (κ2) is 2.74. The fourth-order valence-electron chi connectivity index (χ4n) is 1.44. The van der Waals surface area contributed by atoms with Crippen LogP contribution in [-0.4, -0.2) is 39.0 Å². The van der Waals surface area contributed by atoms with E-state index in [1.54, 1.807) is 0 Å². The number of amides is 1. The van der Waals surface area contributed by atoms with E-state index in [0.717, 1.165) is 0 Å². The first-order chi connectivity index (χ1) is 6.15. The summed E-state index contributed by atoms with van der Waals surface area (Å²) >= 11 is 1.25. The van der Waals surface area contributed by atoms with Gasteiger partial charge in [0.25, 0.3) is 0 Å². The topological polar surface area (TPSA) is 77.8 Å². The van der Waals surface area contributed by atoms with Crippen molar-refractivity contribution >= 4 is 23.6 Å². The molecule has 0 saturated carbocycles. The van der Waals surface area contributed by atoms with Gasteiger partial charge in [-0.3, -0.25) is 9.69 Å². The molecule has 0 aromatic rings. The van der Waals surface area contributed by atoms with E-state index in [1.165, 1.54) is 16.7 Å². The molecule has 2 heterocycles. The van der Waals surface area contributed by atoms with Crippen LogP contribution in [0.1, 0.15) is 6.42 Å². The Kier molecular flexibility index (Phi) is 1.81. The predicted octanol–water partition coefficient (Wildman–Crippen LogP) is -0.420. The fraction of sp³-hybridized carbons (Fsp3) is 0.429. The summed E-state index contributed by atoms with van der Waals surface area (Å²) in [6.45, 7) is -0.313. The zero-order valence-corrected chi connectivity index (χ0v) is 7.37. The molecule has 0 aromatic carbocycles. The van der Waals surface area contributed by atoms with Crippen molar-refractivity contribution in [2.45, 2.75) is 11.8 Å². The first kappa shape index (κ1) is 8.58. The lowest BCUT2D eigenvalue weighted by molar-refractivity contribution is -0.145. The Hall–Kier alpha value is -1.01. The normalized spacial score (nSPS) is 26.1. The number of carboxylic acid groups (broad SMARTS) is 1. The number of aliphatic hydroxyl groups is 1. The molecule has 6 heteroatoms. The van der Waals surface area contributed by atoms with Gasteiger partial charge in [-0.15, -0.1) is 0 Å². The molecule has 0 spiro atoms. The fourth-order valence-corrected chi connectivity index (χ4v) is 2.69. The Morgan fingerprint density at radius 2 is 2.38 bits per heavy atom. The summed E-state index contributed by atoms with van der Waals surface area (Å²) < 4.78 is 0. The molecular weight excluding hydrogens is 194 g/mol. The van der Waals surface area contributed by atoms with Gasteiger partial charge in [0.15, 0.2) is 0 Å². The molecule has 0 aliphatic carbocycles. The van der Waals surface area contributed by atoms with Crippen LogP contribution < -0.4 is 0 Å². The standard InChI is InChI=1S/C7H7NO4S/c9-2-3-6(7(11)12)8-4(10)1-5(8)13-3/h5,9H,1-2H2,(H,11,12)/t5-/m0/s1. The molecular formula is C7H7NO4S. The van der Waals surface area contributed by atoms with Gasteiger partial charge in [0.05, 0.1) is 18.4 Å². The number of rotatable bonds is 2. The molecule has 70 valence electrons. The molecule has 1 fully saturated rings. The molecule has 5 nitrogen and oxygen atoms in total. The van der Waals surface area contributed by atoms with Crippen LogP contribution in [0.25, 0.3) is 0 Å². The molecule has 1 atom stereocenters. The molecule has 1 amide bonds. The lowest BCUT2D eigenvalue weighted by Gasteiger charge is -2.33. The molecule has 0 aromatic heterocycles. The number of carboxylic acids is 1. The molecule has 0 unspecified atom stereocenters. The lowest BCUT2D eigenvalue weighted by Crippen LogP contribution is -2.48. The van der Waals surface area contributed by atoms with E-state index >= 15 is 0 Å².